The minimum absolute atomic E-state index is 0.320. The molecule has 0 unspecified atom stereocenters. The summed E-state index contributed by atoms with van der Waals surface area (Å²) >= 11 is 3.10. The zero-order valence-corrected chi connectivity index (χ0v) is 11.9. The molecule has 2 aromatic rings. The molecule has 0 atom stereocenters. The molecule has 19 heavy (non-hydrogen) atoms. The number of nitrogens with zero attached hydrogens (tertiary/aromatic N) is 1. The number of benzene rings is 1. The fraction of sp³-hybridized carbons (Fsp3) is 0.214. The highest BCUT2D eigenvalue weighted by Crippen LogP contribution is 2.20. The number of aromatic nitrogens is 1. The van der Waals surface area contributed by atoms with Gasteiger partial charge in [0, 0.05) is 25.4 Å². The predicted octanol–water partition coefficient (Wildman–Crippen LogP) is 3.15. The van der Waals surface area contributed by atoms with Crippen LogP contribution < -0.4 is 10.1 Å². The molecule has 0 aliphatic heterocycles. The van der Waals surface area contributed by atoms with Crippen LogP contribution in [-0.2, 0) is 6.54 Å². The molecule has 0 fully saturated rings. The number of hydrogen-bond acceptors (Lipinski definition) is 3. The molecule has 0 amide bonds. The molecule has 0 aliphatic carbocycles. The standard InChI is InChI=1S/C14H14BrFN2O/c15-13-5-4-12(9-14(13)16)19-8-7-17-10-11-3-1-2-6-18-11/h1-6,9,17H,7-8,10H2. The summed E-state index contributed by atoms with van der Waals surface area (Å²) in [6, 6.07) is 10.5. The summed E-state index contributed by atoms with van der Waals surface area (Å²) in [5.41, 5.74) is 0.984. The third-order valence-corrected chi connectivity index (χ3v) is 3.11. The maximum absolute atomic E-state index is 13.2. The molecule has 1 aromatic carbocycles. The SMILES string of the molecule is Fc1cc(OCCNCc2ccccn2)ccc1Br. The van der Waals surface area contributed by atoms with Crippen LogP contribution in [-0.4, -0.2) is 18.1 Å². The van der Waals surface area contributed by atoms with E-state index in [1.807, 2.05) is 18.2 Å². The predicted molar refractivity (Wildman–Crippen MR) is 75.5 cm³/mol. The molecule has 100 valence electrons. The molecule has 1 N–H and O–H groups in total. The van der Waals surface area contributed by atoms with Crippen molar-refractivity contribution in [3.8, 4) is 5.75 Å². The van der Waals surface area contributed by atoms with Crippen LogP contribution in [0.5, 0.6) is 5.75 Å². The van der Waals surface area contributed by atoms with Gasteiger partial charge in [0.25, 0.3) is 0 Å². The van der Waals surface area contributed by atoms with Gasteiger partial charge in [0.15, 0.2) is 0 Å². The van der Waals surface area contributed by atoms with Crippen LogP contribution in [0.15, 0.2) is 47.1 Å². The molecule has 0 aliphatic rings. The highest BCUT2D eigenvalue weighted by atomic mass is 79.9. The van der Waals surface area contributed by atoms with Gasteiger partial charge in [-0.25, -0.2) is 4.39 Å². The summed E-state index contributed by atoms with van der Waals surface area (Å²) in [7, 11) is 0. The zero-order chi connectivity index (χ0) is 13.5. The minimum Gasteiger partial charge on any atom is -0.492 e. The third kappa shape index (κ3) is 4.61. The van der Waals surface area contributed by atoms with Gasteiger partial charge in [0.2, 0.25) is 0 Å². The summed E-state index contributed by atoms with van der Waals surface area (Å²) in [5, 5.41) is 3.21. The second-order valence-corrected chi connectivity index (χ2v) is 4.78. The molecule has 5 heteroatoms. The Morgan fingerprint density at radius 1 is 1.26 bits per heavy atom. The van der Waals surface area contributed by atoms with Gasteiger partial charge in [-0.15, -0.1) is 0 Å². The van der Waals surface area contributed by atoms with Crippen molar-refractivity contribution in [2.75, 3.05) is 13.2 Å². The van der Waals surface area contributed by atoms with Crippen molar-refractivity contribution in [2.24, 2.45) is 0 Å². The van der Waals surface area contributed by atoms with E-state index >= 15 is 0 Å². The van der Waals surface area contributed by atoms with E-state index in [0.717, 1.165) is 5.69 Å². The normalized spacial score (nSPS) is 10.4. The van der Waals surface area contributed by atoms with Crippen LogP contribution in [0, 0.1) is 5.82 Å². The molecule has 1 heterocycles. The van der Waals surface area contributed by atoms with E-state index in [9.17, 15) is 4.39 Å². The van der Waals surface area contributed by atoms with Crippen molar-refractivity contribution in [2.45, 2.75) is 6.54 Å². The van der Waals surface area contributed by atoms with E-state index in [1.54, 1.807) is 18.3 Å². The highest BCUT2D eigenvalue weighted by Gasteiger charge is 2.01. The van der Waals surface area contributed by atoms with E-state index < -0.39 is 0 Å². The lowest BCUT2D eigenvalue weighted by Gasteiger charge is -2.07. The van der Waals surface area contributed by atoms with Crippen LogP contribution in [0.25, 0.3) is 0 Å². The Morgan fingerprint density at radius 2 is 2.16 bits per heavy atom. The number of hydrogen-bond donors (Lipinski definition) is 1. The Hall–Kier alpha value is -1.46. The van der Waals surface area contributed by atoms with Crippen LogP contribution in [0.4, 0.5) is 4.39 Å². The molecule has 1 aromatic heterocycles. The van der Waals surface area contributed by atoms with Crippen molar-refractivity contribution < 1.29 is 9.13 Å². The van der Waals surface area contributed by atoms with Gasteiger partial charge >= 0.3 is 0 Å². The van der Waals surface area contributed by atoms with Crippen molar-refractivity contribution in [1.82, 2.24) is 10.3 Å². The average molecular weight is 325 g/mol. The summed E-state index contributed by atoms with van der Waals surface area (Å²) in [6.45, 7) is 1.85. The Bertz CT molecular complexity index is 522. The van der Waals surface area contributed by atoms with Gasteiger partial charge < -0.3 is 10.1 Å². The lowest BCUT2D eigenvalue weighted by Crippen LogP contribution is -2.21. The zero-order valence-electron chi connectivity index (χ0n) is 10.3. The van der Waals surface area contributed by atoms with E-state index in [1.165, 1.54) is 6.07 Å². The Balaban J connectivity index is 1.68. The first-order chi connectivity index (χ1) is 9.25. The van der Waals surface area contributed by atoms with Crippen molar-refractivity contribution in [1.29, 1.82) is 0 Å². The molecule has 0 saturated carbocycles. The molecule has 0 saturated heterocycles. The maximum Gasteiger partial charge on any atom is 0.141 e. The van der Waals surface area contributed by atoms with Crippen LogP contribution >= 0.6 is 15.9 Å². The van der Waals surface area contributed by atoms with Gasteiger partial charge in [-0.1, -0.05) is 6.07 Å². The summed E-state index contributed by atoms with van der Waals surface area (Å²) < 4.78 is 19.1. The monoisotopic (exact) mass is 324 g/mol. The second-order valence-electron chi connectivity index (χ2n) is 3.92. The van der Waals surface area contributed by atoms with Crippen molar-refractivity contribution >= 4 is 15.9 Å². The van der Waals surface area contributed by atoms with Crippen LogP contribution in [0.3, 0.4) is 0 Å². The average Bonchev–Trinajstić information content (AvgIpc) is 2.43. The molecular weight excluding hydrogens is 311 g/mol. The number of halogens is 2. The number of nitrogens with one attached hydrogen (secondary N) is 1. The molecule has 0 radical (unpaired) electrons. The number of ether oxygens (including phenoxy) is 1. The Kier molecular flexibility index (Phi) is 5.30. The number of pyridine rings is 1. The quantitative estimate of drug-likeness (QED) is 0.829. The lowest BCUT2D eigenvalue weighted by molar-refractivity contribution is 0.311. The topological polar surface area (TPSA) is 34.1 Å². The largest absolute Gasteiger partial charge is 0.492 e. The highest BCUT2D eigenvalue weighted by molar-refractivity contribution is 9.10. The molecular formula is C14H14BrFN2O. The minimum atomic E-state index is -0.320. The van der Waals surface area contributed by atoms with Crippen LogP contribution in [0.2, 0.25) is 0 Å². The lowest BCUT2D eigenvalue weighted by atomic mass is 10.3. The fourth-order valence-electron chi connectivity index (χ4n) is 1.53. The van der Waals surface area contributed by atoms with Crippen LogP contribution in [0.1, 0.15) is 5.69 Å². The molecule has 0 spiro atoms. The maximum atomic E-state index is 13.2. The van der Waals surface area contributed by atoms with E-state index in [-0.39, 0.29) is 5.82 Å². The first-order valence-electron chi connectivity index (χ1n) is 5.94. The van der Waals surface area contributed by atoms with Gasteiger partial charge in [-0.3, -0.25) is 4.98 Å². The first kappa shape index (κ1) is 14.0. The molecule has 0 bridgehead atoms. The molecule has 2 rings (SSSR count). The Morgan fingerprint density at radius 3 is 2.89 bits per heavy atom. The first-order valence-corrected chi connectivity index (χ1v) is 6.73. The van der Waals surface area contributed by atoms with E-state index in [2.05, 4.69) is 26.2 Å². The summed E-state index contributed by atoms with van der Waals surface area (Å²) in [5.74, 6) is 0.208. The van der Waals surface area contributed by atoms with Crippen molar-refractivity contribution in [3.05, 3.63) is 58.6 Å². The molecule has 3 nitrogen and oxygen atoms in total. The van der Waals surface area contributed by atoms with Gasteiger partial charge in [-0.2, -0.15) is 0 Å². The van der Waals surface area contributed by atoms with E-state index in [0.29, 0.717) is 29.9 Å². The summed E-state index contributed by atoms with van der Waals surface area (Å²) in [4.78, 5) is 4.20. The van der Waals surface area contributed by atoms with Gasteiger partial charge in [-0.05, 0) is 40.2 Å². The van der Waals surface area contributed by atoms with Gasteiger partial charge in [0.1, 0.15) is 18.2 Å². The third-order valence-electron chi connectivity index (χ3n) is 2.47. The number of rotatable bonds is 6. The fourth-order valence-corrected chi connectivity index (χ4v) is 1.77. The van der Waals surface area contributed by atoms with Crippen molar-refractivity contribution in [3.63, 3.8) is 0 Å². The Labute approximate surface area is 119 Å². The smallest absolute Gasteiger partial charge is 0.141 e. The second kappa shape index (κ2) is 7.21. The van der Waals surface area contributed by atoms with Gasteiger partial charge in [0.05, 0.1) is 10.2 Å². The summed E-state index contributed by atoms with van der Waals surface area (Å²) in [6.07, 6.45) is 1.76. The van der Waals surface area contributed by atoms with E-state index in [4.69, 9.17) is 4.74 Å².